The largest absolute Gasteiger partial charge is 0.135 e. The lowest BCUT2D eigenvalue weighted by Gasteiger charge is -2.07. The van der Waals surface area contributed by atoms with Crippen LogP contribution in [0.2, 0.25) is 0 Å². The van der Waals surface area contributed by atoms with Gasteiger partial charge in [-0.25, -0.2) is 0 Å². The van der Waals surface area contributed by atoms with Gasteiger partial charge in [-0.2, -0.15) is 0 Å². The number of rotatable bonds is 2. The van der Waals surface area contributed by atoms with Gasteiger partial charge in [-0.05, 0) is 108 Å². The van der Waals surface area contributed by atoms with Gasteiger partial charge < -0.3 is 0 Å². The summed E-state index contributed by atoms with van der Waals surface area (Å²) >= 11 is 1.93. The van der Waals surface area contributed by atoms with Crippen molar-refractivity contribution in [1.82, 2.24) is 0 Å². The quantitative estimate of drug-likeness (QED) is 0.243. The van der Waals surface area contributed by atoms with Crippen LogP contribution in [0.3, 0.4) is 0 Å². The van der Waals surface area contributed by atoms with Gasteiger partial charge in [0.25, 0.3) is 0 Å². The van der Waals surface area contributed by atoms with Gasteiger partial charge in [0.2, 0.25) is 0 Å². The van der Waals surface area contributed by atoms with E-state index in [-0.39, 0.29) is 0 Å². The predicted molar refractivity (Wildman–Crippen MR) is 143 cm³/mol. The first-order valence-corrected chi connectivity index (χ1v) is 11.8. The highest BCUT2D eigenvalue weighted by atomic mass is 32.1. The van der Waals surface area contributed by atoms with Crippen LogP contribution >= 0.6 is 11.3 Å². The fourth-order valence-electron chi connectivity index (χ4n) is 5.31. The molecule has 0 atom stereocenters. The Hall–Kier alpha value is -3.68. The van der Waals surface area contributed by atoms with Crippen molar-refractivity contribution in [1.29, 1.82) is 0 Å². The van der Waals surface area contributed by atoms with Crippen molar-refractivity contribution in [3.8, 4) is 10.4 Å². The molecule has 0 unspecified atom stereocenters. The van der Waals surface area contributed by atoms with E-state index < -0.39 is 0 Å². The maximum Gasteiger partial charge on any atom is 0.0393 e. The van der Waals surface area contributed by atoms with E-state index in [1.54, 1.807) is 0 Å². The number of benzene rings is 5. The molecule has 0 saturated heterocycles. The van der Waals surface area contributed by atoms with Crippen LogP contribution < -0.4 is 0 Å². The summed E-state index contributed by atoms with van der Waals surface area (Å²) in [6, 6.07) is 27.3. The van der Waals surface area contributed by atoms with E-state index in [0.29, 0.717) is 0 Å². The van der Waals surface area contributed by atoms with E-state index in [1.165, 1.54) is 64.0 Å². The first-order chi connectivity index (χ1) is 15.7. The summed E-state index contributed by atoms with van der Waals surface area (Å²) in [7, 11) is 0. The summed E-state index contributed by atoms with van der Waals surface area (Å²) < 4.78 is 1.37. The van der Waals surface area contributed by atoms with Crippen LogP contribution in [0.5, 0.6) is 0 Å². The van der Waals surface area contributed by atoms with Crippen molar-refractivity contribution in [3.63, 3.8) is 0 Å². The fraction of sp³-hybridized carbons (Fsp3) is 0.0323. The summed E-state index contributed by atoms with van der Waals surface area (Å²) in [5, 5.41) is 9.20. The zero-order valence-corrected chi connectivity index (χ0v) is 18.4. The molecule has 1 aliphatic rings. The molecule has 1 aromatic heterocycles. The Morgan fingerprint density at radius 3 is 1.97 bits per heavy atom. The van der Waals surface area contributed by atoms with Crippen LogP contribution in [-0.2, 0) is 6.42 Å². The summed E-state index contributed by atoms with van der Waals surface area (Å²) in [5.74, 6) is 0. The zero-order valence-electron chi connectivity index (χ0n) is 17.6. The highest BCUT2D eigenvalue weighted by molar-refractivity contribution is 7.22. The molecule has 1 heterocycles. The highest BCUT2D eigenvalue weighted by Crippen LogP contribution is 2.48. The summed E-state index contributed by atoms with van der Waals surface area (Å²) in [4.78, 5) is 1.44. The molecule has 7 rings (SSSR count). The maximum absolute atomic E-state index is 3.98. The van der Waals surface area contributed by atoms with Gasteiger partial charge in [0.1, 0.15) is 0 Å². The average Bonchev–Trinajstić information content (AvgIpc) is 3.34. The normalized spacial score (nSPS) is 12.5. The number of fused-ring (bicyclic) bond motifs is 8. The zero-order chi connectivity index (χ0) is 21.4. The standard InChI is InChI=1S/C31H20S/c1-3-18-9-23-15-28-29-16-26-13-22-11-20-7-5-6-8-21(20)12-24(22)14-27(26)31(29)32-30(28)17-25(23)10-19(18)4-2/h3-15,17H,1-2,16H2. The number of hydrogen-bond donors (Lipinski definition) is 0. The molecule has 1 heteroatoms. The minimum Gasteiger partial charge on any atom is -0.135 e. The second kappa shape index (κ2) is 6.41. The van der Waals surface area contributed by atoms with Gasteiger partial charge >= 0.3 is 0 Å². The van der Waals surface area contributed by atoms with Gasteiger partial charge in [-0.1, -0.05) is 55.6 Å². The first kappa shape index (κ1) is 17.9. The van der Waals surface area contributed by atoms with Crippen molar-refractivity contribution in [3.05, 3.63) is 108 Å². The van der Waals surface area contributed by atoms with Crippen LogP contribution in [0.4, 0.5) is 0 Å². The summed E-state index contributed by atoms with van der Waals surface area (Å²) in [6.45, 7) is 7.96. The van der Waals surface area contributed by atoms with E-state index in [0.717, 1.165) is 17.5 Å². The second-order valence-electron chi connectivity index (χ2n) is 8.73. The molecular weight excluding hydrogens is 404 g/mol. The third-order valence-corrected chi connectivity index (χ3v) is 8.16. The van der Waals surface area contributed by atoms with Crippen LogP contribution in [0.15, 0.2) is 86.0 Å². The average molecular weight is 425 g/mol. The van der Waals surface area contributed by atoms with Crippen molar-refractivity contribution in [2.24, 2.45) is 0 Å². The Balaban J connectivity index is 1.47. The van der Waals surface area contributed by atoms with Gasteiger partial charge in [-0.15, -0.1) is 11.3 Å². The topological polar surface area (TPSA) is 0 Å². The summed E-state index contributed by atoms with van der Waals surface area (Å²) in [5.41, 5.74) is 6.62. The van der Waals surface area contributed by atoms with E-state index in [1.807, 2.05) is 23.5 Å². The van der Waals surface area contributed by atoms with Crippen molar-refractivity contribution in [2.75, 3.05) is 0 Å². The van der Waals surface area contributed by atoms with Crippen molar-refractivity contribution in [2.45, 2.75) is 6.42 Å². The monoisotopic (exact) mass is 424 g/mol. The Labute approximate surface area is 190 Å². The molecule has 150 valence electrons. The Morgan fingerprint density at radius 2 is 1.28 bits per heavy atom. The number of hydrogen-bond acceptors (Lipinski definition) is 1. The lowest BCUT2D eigenvalue weighted by atomic mass is 9.98. The maximum atomic E-state index is 3.98. The molecule has 0 aliphatic heterocycles. The van der Waals surface area contributed by atoms with Crippen LogP contribution in [-0.4, -0.2) is 0 Å². The van der Waals surface area contributed by atoms with Crippen LogP contribution in [0, 0.1) is 0 Å². The molecule has 32 heavy (non-hydrogen) atoms. The van der Waals surface area contributed by atoms with Gasteiger partial charge in [-0.3, -0.25) is 0 Å². The lowest BCUT2D eigenvalue weighted by Crippen LogP contribution is -1.85. The van der Waals surface area contributed by atoms with Gasteiger partial charge in [0, 0.05) is 16.0 Å². The fourth-order valence-corrected chi connectivity index (χ4v) is 6.62. The van der Waals surface area contributed by atoms with Gasteiger partial charge in [0.05, 0.1) is 0 Å². The summed E-state index contributed by atoms with van der Waals surface area (Å²) in [6.07, 6.45) is 4.85. The predicted octanol–water partition coefficient (Wildman–Crippen LogP) is 9.22. The Morgan fingerprint density at radius 1 is 0.656 bits per heavy atom. The third-order valence-electron chi connectivity index (χ3n) is 6.93. The molecule has 0 radical (unpaired) electrons. The molecule has 0 amide bonds. The van der Waals surface area contributed by atoms with E-state index in [2.05, 4.69) is 86.0 Å². The van der Waals surface area contributed by atoms with E-state index in [4.69, 9.17) is 0 Å². The highest BCUT2D eigenvalue weighted by Gasteiger charge is 2.24. The molecule has 0 N–H and O–H groups in total. The van der Waals surface area contributed by atoms with Crippen molar-refractivity contribution >= 4 is 65.9 Å². The van der Waals surface area contributed by atoms with Crippen molar-refractivity contribution < 1.29 is 0 Å². The SMILES string of the molecule is C=Cc1cc2cc3sc4c(c3cc2cc1C=C)Cc1cc2cc3ccccc3cc2cc1-4. The Kier molecular flexibility index (Phi) is 3.60. The molecule has 0 fully saturated rings. The van der Waals surface area contributed by atoms with Crippen LogP contribution in [0.1, 0.15) is 22.3 Å². The molecular formula is C31H20S. The first-order valence-electron chi connectivity index (χ1n) is 11.0. The second-order valence-corrected chi connectivity index (χ2v) is 9.78. The molecule has 0 saturated carbocycles. The molecule has 1 aliphatic carbocycles. The molecule has 5 aromatic carbocycles. The minimum absolute atomic E-state index is 1.01. The molecule has 0 bridgehead atoms. The number of thiophene rings is 1. The molecule has 0 nitrogen and oxygen atoms in total. The Bertz CT molecular complexity index is 1780. The van der Waals surface area contributed by atoms with Crippen LogP contribution in [0.25, 0.3) is 65.0 Å². The van der Waals surface area contributed by atoms with E-state index >= 15 is 0 Å². The molecule has 0 spiro atoms. The molecule has 6 aromatic rings. The smallest absolute Gasteiger partial charge is 0.0393 e. The van der Waals surface area contributed by atoms with E-state index in [9.17, 15) is 0 Å². The minimum atomic E-state index is 1.01. The van der Waals surface area contributed by atoms with Gasteiger partial charge in [0.15, 0.2) is 0 Å². The third kappa shape index (κ3) is 2.43. The lowest BCUT2D eigenvalue weighted by molar-refractivity contribution is 1.30.